The van der Waals surface area contributed by atoms with Crippen LogP contribution in [0.3, 0.4) is 0 Å². The molecule has 5 nitrogen and oxygen atoms in total. The first-order valence-electron chi connectivity index (χ1n) is 9.41. The molecule has 0 aromatic heterocycles. The number of amides is 1. The van der Waals surface area contributed by atoms with Crippen LogP contribution in [-0.2, 0) is 27.7 Å². The van der Waals surface area contributed by atoms with Crippen molar-refractivity contribution in [2.24, 2.45) is 0 Å². The van der Waals surface area contributed by atoms with Crippen molar-refractivity contribution in [1.29, 1.82) is 0 Å². The second-order valence-electron chi connectivity index (χ2n) is 6.94. The summed E-state index contributed by atoms with van der Waals surface area (Å²) in [4.78, 5) is 14.5. The standard InChI is InChI=1S/C21H26N2O3S/c1-2-17-8-10-20(11-9-17)27(25,26)22-19-12-14-23(15-13-19)21(24)16-18-6-4-3-5-7-18/h3-11,19,22H,2,12-16H2,1H3. The van der Waals surface area contributed by atoms with Gasteiger partial charge < -0.3 is 4.90 Å². The van der Waals surface area contributed by atoms with E-state index in [9.17, 15) is 13.2 Å². The summed E-state index contributed by atoms with van der Waals surface area (Å²) >= 11 is 0. The molecule has 1 amide bonds. The number of sulfonamides is 1. The molecule has 0 radical (unpaired) electrons. The van der Waals surface area contributed by atoms with Gasteiger partial charge in [-0.15, -0.1) is 0 Å². The molecule has 2 aromatic rings. The van der Waals surface area contributed by atoms with Crippen LogP contribution in [0, 0.1) is 0 Å². The lowest BCUT2D eigenvalue weighted by atomic mass is 10.0. The van der Waals surface area contributed by atoms with Crippen LogP contribution in [0.2, 0.25) is 0 Å². The van der Waals surface area contributed by atoms with E-state index in [1.807, 2.05) is 54.3 Å². The predicted molar refractivity (Wildman–Crippen MR) is 106 cm³/mol. The Bertz CT molecular complexity index is 856. The summed E-state index contributed by atoms with van der Waals surface area (Å²) in [7, 11) is -3.52. The Labute approximate surface area is 161 Å². The van der Waals surface area contributed by atoms with Crippen molar-refractivity contribution < 1.29 is 13.2 Å². The third-order valence-electron chi connectivity index (χ3n) is 5.01. The fraction of sp³-hybridized carbons (Fsp3) is 0.381. The number of rotatable bonds is 6. The van der Waals surface area contributed by atoms with Crippen molar-refractivity contribution in [3.8, 4) is 0 Å². The summed E-state index contributed by atoms with van der Waals surface area (Å²) in [6.45, 7) is 3.19. The van der Waals surface area contributed by atoms with Crippen molar-refractivity contribution in [2.45, 2.75) is 43.5 Å². The van der Waals surface area contributed by atoms with E-state index < -0.39 is 10.0 Å². The third-order valence-corrected chi connectivity index (χ3v) is 6.55. The van der Waals surface area contributed by atoms with E-state index in [4.69, 9.17) is 0 Å². The normalized spacial score (nSPS) is 15.7. The minimum absolute atomic E-state index is 0.0951. The van der Waals surface area contributed by atoms with Gasteiger partial charge in [0.15, 0.2) is 0 Å². The van der Waals surface area contributed by atoms with Crippen molar-refractivity contribution in [3.05, 3.63) is 65.7 Å². The Hall–Kier alpha value is -2.18. The molecule has 0 saturated carbocycles. The van der Waals surface area contributed by atoms with E-state index in [-0.39, 0.29) is 11.9 Å². The zero-order valence-corrected chi connectivity index (χ0v) is 16.4. The van der Waals surface area contributed by atoms with Crippen molar-refractivity contribution >= 4 is 15.9 Å². The number of nitrogens with one attached hydrogen (secondary N) is 1. The van der Waals surface area contributed by atoms with Gasteiger partial charge in [0.05, 0.1) is 11.3 Å². The molecule has 6 heteroatoms. The van der Waals surface area contributed by atoms with Gasteiger partial charge in [0.25, 0.3) is 0 Å². The molecule has 0 atom stereocenters. The number of hydrogen-bond donors (Lipinski definition) is 1. The number of hydrogen-bond acceptors (Lipinski definition) is 3. The molecule has 2 aromatic carbocycles. The molecule has 1 aliphatic rings. The van der Waals surface area contributed by atoms with Crippen LogP contribution in [0.4, 0.5) is 0 Å². The topological polar surface area (TPSA) is 66.5 Å². The lowest BCUT2D eigenvalue weighted by Gasteiger charge is -2.32. The third kappa shape index (κ3) is 5.17. The van der Waals surface area contributed by atoms with Gasteiger partial charge in [0.1, 0.15) is 0 Å². The first-order valence-corrected chi connectivity index (χ1v) is 10.9. The first-order chi connectivity index (χ1) is 13.0. The first kappa shape index (κ1) is 19.6. The Morgan fingerprint density at radius 2 is 1.63 bits per heavy atom. The van der Waals surface area contributed by atoms with Gasteiger partial charge in [-0.3, -0.25) is 4.79 Å². The van der Waals surface area contributed by atoms with Crippen LogP contribution in [0.5, 0.6) is 0 Å². The average molecular weight is 387 g/mol. The summed E-state index contributed by atoms with van der Waals surface area (Å²) < 4.78 is 27.9. The quantitative estimate of drug-likeness (QED) is 0.830. The number of carbonyl (C=O) groups excluding carboxylic acids is 1. The maximum atomic E-state index is 12.6. The van der Waals surface area contributed by atoms with Gasteiger partial charge in [0, 0.05) is 19.1 Å². The van der Waals surface area contributed by atoms with E-state index in [1.54, 1.807) is 12.1 Å². The number of aryl methyl sites for hydroxylation is 1. The molecule has 0 aliphatic carbocycles. The zero-order valence-electron chi connectivity index (χ0n) is 15.6. The molecule has 0 unspecified atom stereocenters. The Morgan fingerprint density at radius 3 is 2.22 bits per heavy atom. The highest BCUT2D eigenvalue weighted by molar-refractivity contribution is 7.89. The molecular weight excluding hydrogens is 360 g/mol. The van der Waals surface area contributed by atoms with Crippen LogP contribution >= 0.6 is 0 Å². The lowest BCUT2D eigenvalue weighted by Crippen LogP contribution is -2.46. The number of nitrogens with zero attached hydrogens (tertiary/aromatic N) is 1. The summed E-state index contributed by atoms with van der Waals surface area (Å²) in [5, 5.41) is 0. The van der Waals surface area contributed by atoms with E-state index in [2.05, 4.69) is 4.72 Å². The minimum Gasteiger partial charge on any atom is -0.342 e. The van der Waals surface area contributed by atoms with Crippen molar-refractivity contribution in [3.63, 3.8) is 0 Å². The van der Waals surface area contributed by atoms with Gasteiger partial charge in [-0.1, -0.05) is 49.4 Å². The van der Waals surface area contributed by atoms with E-state index in [0.29, 0.717) is 37.2 Å². The lowest BCUT2D eigenvalue weighted by molar-refractivity contribution is -0.131. The molecule has 1 heterocycles. The summed E-state index contributed by atoms with van der Waals surface area (Å²) in [5.74, 6) is 0.0951. The maximum absolute atomic E-state index is 12.6. The monoisotopic (exact) mass is 386 g/mol. The molecule has 27 heavy (non-hydrogen) atoms. The Morgan fingerprint density at radius 1 is 1.00 bits per heavy atom. The summed E-state index contributed by atoms with van der Waals surface area (Å²) in [6, 6.07) is 16.5. The maximum Gasteiger partial charge on any atom is 0.240 e. The van der Waals surface area contributed by atoms with Crippen LogP contribution in [0.15, 0.2) is 59.5 Å². The zero-order chi connectivity index (χ0) is 19.3. The molecule has 1 fully saturated rings. The Kier molecular flexibility index (Phi) is 6.29. The molecule has 0 bridgehead atoms. The van der Waals surface area contributed by atoms with Gasteiger partial charge in [-0.2, -0.15) is 0 Å². The van der Waals surface area contributed by atoms with Crippen LogP contribution in [0.1, 0.15) is 30.9 Å². The van der Waals surface area contributed by atoms with Gasteiger partial charge in [0.2, 0.25) is 15.9 Å². The van der Waals surface area contributed by atoms with Gasteiger partial charge in [-0.25, -0.2) is 13.1 Å². The van der Waals surface area contributed by atoms with E-state index in [0.717, 1.165) is 17.5 Å². The molecular formula is C21H26N2O3S. The second-order valence-corrected chi connectivity index (χ2v) is 8.65. The second kappa shape index (κ2) is 8.67. The molecule has 0 spiro atoms. The average Bonchev–Trinajstić information content (AvgIpc) is 2.69. The van der Waals surface area contributed by atoms with Crippen molar-refractivity contribution in [1.82, 2.24) is 9.62 Å². The number of benzene rings is 2. The number of likely N-dealkylation sites (tertiary alicyclic amines) is 1. The number of carbonyl (C=O) groups is 1. The molecule has 3 rings (SSSR count). The number of piperidine rings is 1. The molecule has 1 N–H and O–H groups in total. The van der Waals surface area contributed by atoms with Crippen LogP contribution in [0.25, 0.3) is 0 Å². The fourth-order valence-corrected chi connectivity index (χ4v) is 4.63. The highest BCUT2D eigenvalue weighted by atomic mass is 32.2. The van der Waals surface area contributed by atoms with Gasteiger partial charge in [-0.05, 0) is 42.5 Å². The van der Waals surface area contributed by atoms with Crippen molar-refractivity contribution in [2.75, 3.05) is 13.1 Å². The minimum atomic E-state index is -3.52. The van der Waals surface area contributed by atoms with E-state index >= 15 is 0 Å². The molecule has 1 saturated heterocycles. The Balaban J connectivity index is 1.53. The SMILES string of the molecule is CCc1ccc(S(=O)(=O)NC2CCN(C(=O)Cc3ccccc3)CC2)cc1. The molecule has 144 valence electrons. The highest BCUT2D eigenvalue weighted by Crippen LogP contribution is 2.17. The smallest absolute Gasteiger partial charge is 0.240 e. The summed E-state index contributed by atoms with van der Waals surface area (Å²) in [5.41, 5.74) is 2.11. The van der Waals surface area contributed by atoms with Crippen LogP contribution in [-0.4, -0.2) is 38.4 Å². The van der Waals surface area contributed by atoms with Gasteiger partial charge >= 0.3 is 0 Å². The summed E-state index contributed by atoms with van der Waals surface area (Å²) in [6.07, 6.45) is 2.53. The van der Waals surface area contributed by atoms with E-state index in [1.165, 1.54) is 0 Å². The van der Waals surface area contributed by atoms with Crippen LogP contribution < -0.4 is 4.72 Å². The largest absolute Gasteiger partial charge is 0.342 e. The molecule has 1 aliphatic heterocycles. The highest BCUT2D eigenvalue weighted by Gasteiger charge is 2.26. The fourth-order valence-electron chi connectivity index (χ4n) is 3.32. The predicted octanol–water partition coefficient (Wildman–Crippen LogP) is 2.76.